The number of likely N-dealkylation sites (tertiary alicyclic amines) is 1. The number of aliphatic hydroxyl groups is 1. The Morgan fingerprint density at radius 1 is 1.35 bits per heavy atom. The van der Waals surface area contributed by atoms with Crippen LogP contribution >= 0.6 is 0 Å². The molecule has 0 spiro atoms. The van der Waals surface area contributed by atoms with Crippen molar-refractivity contribution in [1.82, 2.24) is 4.90 Å². The van der Waals surface area contributed by atoms with Crippen LogP contribution in [-0.4, -0.2) is 49.0 Å². The second-order valence-corrected chi connectivity index (χ2v) is 5.84. The Morgan fingerprint density at radius 3 is 2.88 bits per heavy atom. The summed E-state index contributed by atoms with van der Waals surface area (Å²) in [6.45, 7) is 6.38. The van der Waals surface area contributed by atoms with Crippen LogP contribution in [0.3, 0.4) is 0 Å². The van der Waals surface area contributed by atoms with E-state index in [1.165, 1.54) is 38.6 Å². The van der Waals surface area contributed by atoms with Crippen LogP contribution in [0, 0.1) is 5.41 Å². The van der Waals surface area contributed by atoms with Gasteiger partial charge in [-0.3, -0.25) is 4.90 Å². The summed E-state index contributed by atoms with van der Waals surface area (Å²) in [7, 11) is 0. The molecule has 100 valence electrons. The standard InChI is InChI=1S/C14H27NO2/c1-2-13-6-4-3-5-8-15(13)10-14(11-16)7-9-17-12-14/h13,16H,2-12H2,1H3. The number of nitrogens with zero attached hydrogens (tertiary/aromatic N) is 1. The molecule has 1 N–H and O–H groups in total. The summed E-state index contributed by atoms with van der Waals surface area (Å²) in [5.41, 5.74) is 0.0256. The molecule has 0 aromatic rings. The number of ether oxygens (including phenoxy) is 1. The summed E-state index contributed by atoms with van der Waals surface area (Å²) in [6.07, 6.45) is 7.66. The second-order valence-electron chi connectivity index (χ2n) is 5.84. The molecule has 2 saturated heterocycles. The lowest BCUT2D eigenvalue weighted by molar-refractivity contribution is 0.0412. The molecule has 3 heteroatoms. The highest BCUT2D eigenvalue weighted by Crippen LogP contribution is 2.31. The highest BCUT2D eigenvalue weighted by Gasteiger charge is 2.37. The Morgan fingerprint density at radius 2 is 2.24 bits per heavy atom. The highest BCUT2D eigenvalue weighted by molar-refractivity contribution is 4.88. The van der Waals surface area contributed by atoms with E-state index in [2.05, 4.69) is 11.8 Å². The van der Waals surface area contributed by atoms with Crippen LogP contribution in [0.25, 0.3) is 0 Å². The van der Waals surface area contributed by atoms with E-state index in [0.29, 0.717) is 0 Å². The van der Waals surface area contributed by atoms with Gasteiger partial charge in [-0.15, -0.1) is 0 Å². The van der Waals surface area contributed by atoms with Crippen LogP contribution in [0.4, 0.5) is 0 Å². The molecule has 0 aromatic heterocycles. The summed E-state index contributed by atoms with van der Waals surface area (Å²) in [5.74, 6) is 0. The van der Waals surface area contributed by atoms with E-state index >= 15 is 0 Å². The zero-order valence-corrected chi connectivity index (χ0v) is 11.2. The molecule has 17 heavy (non-hydrogen) atoms. The van der Waals surface area contributed by atoms with E-state index in [9.17, 15) is 5.11 Å². The molecule has 2 rings (SSSR count). The molecule has 0 radical (unpaired) electrons. The minimum atomic E-state index is 0.0256. The summed E-state index contributed by atoms with van der Waals surface area (Å²) >= 11 is 0. The van der Waals surface area contributed by atoms with Gasteiger partial charge < -0.3 is 9.84 Å². The Hall–Kier alpha value is -0.120. The van der Waals surface area contributed by atoms with Gasteiger partial charge in [0, 0.05) is 24.6 Å². The minimum Gasteiger partial charge on any atom is -0.396 e. The molecule has 2 fully saturated rings. The van der Waals surface area contributed by atoms with E-state index in [-0.39, 0.29) is 12.0 Å². The number of hydrogen-bond donors (Lipinski definition) is 1. The summed E-state index contributed by atoms with van der Waals surface area (Å²) < 4.78 is 5.51. The minimum absolute atomic E-state index is 0.0256. The van der Waals surface area contributed by atoms with Crippen LogP contribution in [0.1, 0.15) is 45.4 Å². The lowest BCUT2D eigenvalue weighted by atomic mass is 9.87. The summed E-state index contributed by atoms with van der Waals surface area (Å²) in [5, 5.41) is 9.67. The maximum Gasteiger partial charge on any atom is 0.0557 e. The number of hydrogen-bond acceptors (Lipinski definition) is 3. The Balaban J connectivity index is 1.98. The molecule has 2 aliphatic heterocycles. The van der Waals surface area contributed by atoms with Gasteiger partial charge in [0.2, 0.25) is 0 Å². The van der Waals surface area contributed by atoms with E-state index in [1.54, 1.807) is 0 Å². The van der Waals surface area contributed by atoms with Gasteiger partial charge in [0.1, 0.15) is 0 Å². The van der Waals surface area contributed by atoms with Crippen molar-refractivity contribution in [3.8, 4) is 0 Å². The largest absolute Gasteiger partial charge is 0.396 e. The third-order valence-corrected chi connectivity index (χ3v) is 4.53. The first-order valence-electron chi connectivity index (χ1n) is 7.22. The molecule has 0 amide bonds. The van der Waals surface area contributed by atoms with Gasteiger partial charge in [0.05, 0.1) is 13.2 Å². The molecule has 0 aliphatic carbocycles. The normalized spacial score (nSPS) is 36.0. The van der Waals surface area contributed by atoms with Crippen molar-refractivity contribution >= 4 is 0 Å². The van der Waals surface area contributed by atoms with Crippen molar-refractivity contribution in [3.05, 3.63) is 0 Å². The summed E-state index contributed by atoms with van der Waals surface area (Å²) in [4.78, 5) is 2.62. The third-order valence-electron chi connectivity index (χ3n) is 4.53. The smallest absolute Gasteiger partial charge is 0.0557 e. The van der Waals surface area contributed by atoms with E-state index in [4.69, 9.17) is 4.74 Å². The van der Waals surface area contributed by atoms with Gasteiger partial charge in [-0.1, -0.05) is 19.8 Å². The fourth-order valence-electron chi connectivity index (χ4n) is 3.29. The van der Waals surface area contributed by atoms with Gasteiger partial charge in [-0.2, -0.15) is 0 Å². The Kier molecular flexibility index (Phi) is 4.83. The van der Waals surface area contributed by atoms with Gasteiger partial charge in [0.15, 0.2) is 0 Å². The number of aliphatic hydroxyl groups excluding tert-OH is 1. The molecule has 0 aromatic carbocycles. The van der Waals surface area contributed by atoms with Crippen LogP contribution in [0.5, 0.6) is 0 Å². The molecular formula is C14H27NO2. The zero-order chi connectivity index (χ0) is 12.1. The molecule has 0 bridgehead atoms. The SMILES string of the molecule is CCC1CCCCCN1CC1(CO)CCOC1. The molecule has 2 heterocycles. The topological polar surface area (TPSA) is 32.7 Å². The molecule has 0 saturated carbocycles. The molecule has 2 aliphatic rings. The first-order chi connectivity index (χ1) is 8.29. The van der Waals surface area contributed by atoms with Crippen LogP contribution in [-0.2, 0) is 4.74 Å². The average Bonchev–Trinajstić information content (AvgIpc) is 2.70. The van der Waals surface area contributed by atoms with Crippen LogP contribution < -0.4 is 0 Å². The highest BCUT2D eigenvalue weighted by atomic mass is 16.5. The van der Waals surface area contributed by atoms with Gasteiger partial charge >= 0.3 is 0 Å². The quantitative estimate of drug-likeness (QED) is 0.817. The molecular weight excluding hydrogens is 214 g/mol. The summed E-state index contributed by atoms with van der Waals surface area (Å²) in [6, 6.07) is 0.724. The Labute approximate surface area is 105 Å². The molecule has 2 atom stereocenters. The van der Waals surface area contributed by atoms with Gasteiger partial charge in [0.25, 0.3) is 0 Å². The molecule has 3 nitrogen and oxygen atoms in total. The maximum atomic E-state index is 9.67. The van der Waals surface area contributed by atoms with E-state index < -0.39 is 0 Å². The van der Waals surface area contributed by atoms with Crippen molar-refractivity contribution in [1.29, 1.82) is 0 Å². The maximum absolute atomic E-state index is 9.67. The predicted octanol–water partition coefficient (Wildman–Crippen LogP) is 2.04. The van der Waals surface area contributed by atoms with E-state index in [0.717, 1.165) is 32.2 Å². The lowest BCUT2D eigenvalue weighted by Crippen LogP contribution is -2.45. The van der Waals surface area contributed by atoms with Gasteiger partial charge in [-0.05, 0) is 32.2 Å². The zero-order valence-electron chi connectivity index (χ0n) is 11.2. The van der Waals surface area contributed by atoms with E-state index in [1.807, 2.05) is 0 Å². The monoisotopic (exact) mass is 241 g/mol. The van der Waals surface area contributed by atoms with Crippen molar-refractivity contribution in [2.24, 2.45) is 5.41 Å². The third kappa shape index (κ3) is 3.21. The molecule has 2 unspecified atom stereocenters. The first kappa shape index (κ1) is 13.3. The fourth-order valence-corrected chi connectivity index (χ4v) is 3.29. The lowest BCUT2D eigenvalue weighted by Gasteiger charge is -2.36. The Bertz CT molecular complexity index is 226. The average molecular weight is 241 g/mol. The predicted molar refractivity (Wildman–Crippen MR) is 69.1 cm³/mol. The van der Waals surface area contributed by atoms with Crippen molar-refractivity contribution < 1.29 is 9.84 Å². The van der Waals surface area contributed by atoms with Crippen LogP contribution in [0.15, 0.2) is 0 Å². The second kappa shape index (κ2) is 6.17. The first-order valence-corrected chi connectivity index (χ1v) is 7.22. The van der Waals surface area contributed by atoms with Crippen LogP contribution in [0.2, 0.25) is 0 Å². The van der Waals surface area contributed by atoms with Crippen molar-refractivity contribution in [3.63, 3.8) is 0 Å². The van der Waals surface area contributed by atoms with Gasteiger partial charge in [-0.25, -0.2) is 0 Å². The fraction of sp³-hybridized carbons (Fsp3) is 1.00. The number of rotatable bonds is 4. The van der Waals surface area contributed by atoms with Crippen molar-refractivity contribution in [2.45, 2.75) is 51.5 Å². The van der Waals surface area contributed by atoms with Crippen molar-refractivity contribution in [2.75, 3.05) is 32.9 Å².